The van der Waals surface area contributed by atoms with Gasteiger partial charge >= 0.3 is 0 Å². The molecule has 108 valence electrons. The Labute approximate surface area is 113 Å². The van der Waals surface area contributed by atoms with E-state index < -0.39 is 6.04 Å². The molecule has 0 aromatic heterocycles. The topological polar surface area (TPSA) is 92.3 Å². The lowest BCUT2D eigenvalue weighted by atomic mass is 10.1. The van der Waals surface area contributed by atoms with E-state index >= 15 is 0 Å². The third kappa shape index (κ3) is 9.93. The largest absolute Gasteiger partial charge is 0.356 e. The minimum Gasteiger partial charge on any atom is -0.356 e. The Kier molecular flexibility index (Phi) is 10.3. The molecule has 2 N–H and O–H groups in total. The number of carbonyl (C=O) groups is 4. The van der Waals surface area contributed by atoms with Crippen LogP contribution in [-0.2, 0) is 19.2 Å². The zero-order valence-electron chi connectivity index (χ0n) is 11.3. The highest BCUT2D eigenvalue weighted by Gasteiger charge is 2.10. The van der Waals surface area contributed by atoms with Crippen molar-refractivity contribution in [2.24, 2.45) is 0 Å². The van der Waals surface area contributed by atoms with Crippen molar-refractivity contribution in [1.29, 1.82) is 0 Å². The number of amides is 2. The summed E-state index contributed by atoms with van der Waals surface area (Å²) in [7, 11) is 0. The van der Waals surface area contributed by atoms with Crippen LogP contribution in [0.5, 0.6) is 0 Å². The molecule has 0 radical (unpaired) electrons. The van der Waals surface area contributed by atoms with E-state index in [0.717, 1.165) is 6.42 Å². The van der Waals surface area contributed by atoms with Crippen LogP contribution in [0, 0.1) is 0 Å². The maximum absolute atomic E-state index is 11.3. The van der Waals surface area contributed by atoms with Gasteiger partial charge < -0.3 is 20.2 Å². The van der Waals surface area contributed by atoms with Gasteiger partial charge in [-0.25, -0.2) is 0 Å². The summed E-state index contributed by atoms with van der Waals surface area (Å²) in [6.07, 6.45) is 3.99. The lowest BCUT2D eigenvalue weighted by molar-refractivity contribution is -0.125. The zero-order chi connectivity index (χ0) is 14.5. The SMILES string of the molecule is CCCC(=O)NCCCC(C=O)NC(=O)CCC=O. The molecule has 6 nitrogen and oxygen atoms in total. The Morgan fingerprint density at radius 2 is 1.89 bits per heavy atom. The highest BCUT2D eigenvalue weighted by molar-refractivity contribution is 5.81. The van der Waals surface area contributed by atoms with Crippen molar-refractivity contribution in [3.05, 3.63) is 0 Å². The lowest BCUT2D eigenvalue weighted by Gasteiger charge is -2.12. The van der Waals surface area contributed by atoms with Gasteiger partial charge in [0.15, 0.2) is 0 Å². The number of rotatable bonds is 11. The molecule has 0 fully saturated rings. The van der Waals surface area contributed by atoms with Crippen LogP contribution in [0.15, 0.2) is 0 Å². The number of nitrogens with one attached hydrogen (secondary N) is 2. The Morgan fingerprint density at radius 3 is 2.47 bits per heavy atom. The summed E-state index contributed by atoms with van der Waals surface area (Å²) in [6, 6.07) is -0.553. The molecular weight excluding hydrogens is 248 g/mol. The van der Waals surface area contributed by atoms with Gasteiger partial charge in [0.2, 0.25) is 11.8 Å². The molecule has 0 spiro atoms. The summed E-state index contributed by atoms with van der Waals surface area (Å²) < 4.78 is 0. The molecule has 0 aliphatic carbocycles. The van der Waals surface area contributed by atoms with Gasteiger partial charge in [0.25, 0.3) is 0 Å². The predicted molar refractivity (Wildman–Crippen MR) is 70.4 cm³/mol. The van der Waals surface area contributed by atoms with Crippen LogP contribution >= 0.6 is 0 Å². The number of aldehydes is 2. The fraction of sp³-hybridized carbons (Fsp3) is 0.692. The Hall–Kier alpha value is -1.72. The van der Waals surface area contributed by atoms with Crippen LogP contribution in [0.25, 0.3) is 0 Å². The molecule has 0 saturated carbocycles. The molecular formula is C13H22N2O4. The van der Waals surface area contributed by atoms with Crippen LogP contribution in [-0.4, -0.2) is 37.0 Å². The van der Waals surface area contributed by atoms with Gasteiger partial charge in [-0.05, 0) is 19.3 Å². The zero-order valence-corrected chi connectivity index (χ0v) is 11.3. The van der Waals surface area contributed by atoms with Gasteiger partial charge in [0, 0.05) is 25.8 Å². The normalized spacial score (nSPS) is 11.4. The van der Waals surface area contributed by atoms with Crippen molar-refractivity contribution in [3.8, 4) is 0 Å². The number of carbonyl (C=O) groups excluding carboxylic acids is 4. The van der Waals surface area contributed by atoms with Gasteiger partial charge in [0.1, 0.15) is 12.6 Å². The highest BCUT2D eigenvalue weighted by atomic mass is 16.2. The molecule has 0 heterocycles. The summed E-state index contributed by atoms with van der Waals surface area (Å²) in [5.41, 5.74) is 0. The van der Waals surface area contributed by atoms with E-state index in [2.05, 4.69) is 10.6 Å². The molecule has 1 atom stereocenters. The fourth-order valence-electron chi connectivity index (χ4n) is 1.51. The quantitative estimate of drug-likeness (QED) is 0.418. The summed E-state index contributed by atoms with van der Waals surface area (Å²) in [4.78, 5) is 43.3. The third-order valence-electron chi connectivity index (χ3n) is 2.49. The molecule has 1 unspecified atom stereocenters. The van der Waals surface area contributed by atoms with E-state index in [1.54, 1.807) is 0 Å². The van der Waals surface area contributed by atoms with E-state index in [-0.39, 0.29) is 24.7 Å². The van der Waals surface area contributed by atoms with Crippen LogP contribution in [0.2, 0.25) is 0 Å². The molecule has 0 aliphatic heterocycles. The van der Waals surface area contributed by atoms with Crippen LogP contribution in [0.1, 0.15) is 45.4 Å². The second-order valence-corrected chi connectivity index (χ2v) is 4.26. The van der Waals surface area contributed by atoms with Gasteiger partial charge in [-0.2, -0.15) is 0 Å². The molecule has 0 aliphatic rings. The second kappa shape index (κ2) is 11.4. The van der Waals surface area contributed by atoms with Gasteiger partial charge in [0.05, 0.1) is 6.04 Å². The average Bonchev–Trinajstić information content (AvgIpc) is 2.40. The first-order chi connectivity index (χ1) is 9.13. The number of hydrogen-bond donors (Lipinski definition) is 2. The molecule has 0 bridgehead atoms. The lowest BCUT2D eigenvalue weighted by Crippen LogP contribution is -2.36. The van der Waals surface area contributed by atoms with Crippen molar-refractivity contribution >= 4 is 24.4 Å². The maximum Gasteiger partial charge on any atom is 0.220 e. The standard InChI is InChI=1S/C13H22N2O4/c1-2-5-12(18)14-8-3-6-11(10-17)15-13(19)7-4-9-16/h9-11H,2-8H2,1H3,(H,14,18)(H,15,19). The minimum absolute atomic E-state index is 0.000159. The van der Waals surface area contributed by atoms with E-state index in [0.29, 0.717) is 38.4 Å². The first-order valence-corrected chi connectivity index (χ1v) is 6.59. The maximum atomic E-state index is 11.3. The van der Waals surface area contributed by atoms with Crippen molar-refractivity contribution in [1.82, 2.24) is 10.6 Å². The van der Waals surface area contributed by atoms with Crippen molar-refractivity contribution in [3.63, 3.8) is 0 Å². The second-order valence-electron chi connectivity index (χ2n) is 4.26. The predicted octanol–water partition coefficient (Wildman–Crippen LogP) is 0.346. The van der Waals surface area contributed by atoms with Gasteiger partial charge in [-0.3, -0.25) is 9.59 Å². The minimum atomic E-state index is -0.553. The summed E-state index contributed by atoms with van der Waals surface area (Å²) in [5.74, 6) is -0.306. The molecule has 19 heavy (non-hydrogen) atoms. The van der Waals surface area contributed by atoms with Crippen LogP contribution < -0.4 is 10.6 Å². The Morgan fingerprint density at radius 1 is 1.16 bits per heavy atom. The monoisotopic (exact) mass is 270 g/mol. The van der Waals surface area contributed by atoms with Crippen molar-refractivity contribution < 1.29 is 19.2 Å². The first-order valence-electron chi connectivity index (χ1n) is 6.59. The molecule has 0 saturated heterocycles. The van der Waals surface area contributed by atoms with E-state index in [1.165, 1.54) is 0 Å². The molecule has 6 heteroatoms. The Bertz CT molecular complexity index is 305. The molecule has 0 aromatic carbocycles. The van der Waals surface area contributed by atoms with E-state index in [1.807, 2.05) is 6.92 Å². The van der Waals surface area contributed by atoms with Crippen molar-refractivity contribution in [2.45, 2.75) is 51.5 Å². The number of hydrogen-bond acceptors (Lipinski definition) is 4. The molecule has 0 rings (SSSR count). The summed E-state index contributed by atoms with van der Waals surface area (Å²) in [5, 5.41) is 5.27. The fourth-order valence-corrected chi connectivity index (χ4v) is 1.51. The molecule has 0 aromatic rings. The Balaban J connectivity index is 3.75. The smallest absolute Gasteiger partial charge is 0.220 e. The van der Waals surface area contributed by atoms with E-state index in [9.17, 15) is 19.2 Å². The third-order valence-corrected chi connectivity index (χ3v) is 2.49. The van der Waals surface area contributed by atoms with Crippen molar-refractivity contribution in [2.75, 3.05) is 6.54 Å². The molecule has 2 amide bonds. The van der Waals surface area contributed by atoms with Crippen LogP contribution in [0.3, 0.4) is 0 Å². The van der Waals surface area contributed by atoms with Crippen LogP contribution in [0.4, 0.5) is 0 Å². The average molecular weight is 270 g/mol. The highest BCUT2D eigenvalue weighted by Crippen LogP contribution is 1.96. The first kappa shape index (κ1) is 17.3. The summed E-state index contributed by atoms with van der Waals surface area (Å²) >= 11 is 0. The van der Waals surface area contributed by atoms with Gasteiger partial charge in [-0.15, -0.1) is 0 Å². The summed E-state index contributed by atoms with van der Waals surface area (Å²) in [6.45, 7) is 2.42. The van der Waals surface area contributed by atoms with Gasteiger partial charge in [-0.1, -0.05) is 6.92 Å². The van der Waals surface area contributed by atoms with E-state index in [4.69, 9.17) is 0 Å².